The molecule has 6 atom stereocenters. The summed E-state index contributed by atoms with van der Waals surface area (Å²) in [6, 6.07) is 50.0. The Bertz CT molecular complexity index is 1780. The summed E-state index contributed by atoms with van der Waals surface area (Å²) in [5, 5.41) is 0. The van der Waals surface area contributed by atoms with E-state index in [1.807, 2.05) is 115 Å². The molecule has 2 aliphatic rings. The summed E-state index contributed by atoms with van der Waals surface area (Å²) in [6.07, 6.45) is -2.79. The van der Waals surface area contributed by atoms with E-state index >= 15 is 0 Å². The fraction of sp³-hybridized carbons (Fsp3) is 0.250. The normalized spacial score (nSPS) is 24.2. The summed E-state index contributed by atoms with van der Waals surface area (Å²) in [4.78, 5) is 0. The highest BCUT2D eigenvalue weighted by atomic mass is 32.2. The summed E-state index contributed by atoms with van der Waals surface area (Å²) in [5.74, 6) is 0. The lowest BCUT2D eigenvalue weighted by atomic mass is 9.84. The summed E-state index contributed by atoms with van der Waals surface area (Å²) in [5.41, 5.74) is 3.95. The molecule has 0 aliphatic carbocycles. The van der Waals surface area contributed by atoms with Crippen molar-refractivity contribution in [2.45, 2.75) is 47.5 Å². The first-order valence-electron chi connectivity index (χ1n) is 16.3. The van der Waals surface area contributed by atoms with E-state index in [9.17, 15) is 8.42 Å². The Morgan fingerprint density at radius 3 is 1.67 bits per heavy atom. The first-order valence-corrected chi connectivity index (χ1v) is 19.0. The maximum Gasteiger partial charge on any atom is 0.264 e. The number of ether oxygens (including phenoxy) is 4. The molecule has 0 unspecified atom stereocenters. The zero-order chi connectivity index (χ0) is 33.7. The quantitative estimate of drug-likeness (QED) is 0.104. The Kier molecular flexibility index (Phi) is 10.3. The lowest BCUT2D eigenvalue weighted by Gasteiger charge is -2.50. The third kappa shape index (κ3) is 7.54. The molecule has 7 nitrogen and oxygen atoms in total. The molecule has 2 aliphatic heterocycles. The molecule has 5 aromatic carbocycles. The van der Waals surface area contributed by atoms with E-state index in [0.29, 0.717) is 0 Å². The number of thioether (sulfide) groups is 1. The molecular formula is C40H38O7S2. The number of fused-ring (bicyclic) bond motifs is 1. The van der Waals surface area contributed by atoms with E-state index in [1.165, 1.54) is 11.8 Å². The third-order valence-corrected chi connectivity index (χ3v) is 11.0. The average Bonchev–Trinajstić information content (AvgIpc) is 3.14. The first kappa shape index (κ1) is 33.7. The Labute approximate surface area is 292 Å². The van der Waals surface area contributed by atoms with Crippen LogP contribution in [0.3, 0.4) is 0 Å². The van der Waals surface area contributed by atoms with Crippen LogP contribution in [0.2, 0.25) is 0 Å². The minimum absolute atomic E-state index is 0.215. The molecule has 252 valence electrons. The second-order valence-electron chi connectivity index (χ2n) is 12.1. The molecule has 0 bridgehead atoms. The second-order valence-corrected chi connectivity index (χ2v) is 15.1. The Balaban J connectivity index is 1.34. The predicted molar refractivity (Wildman–Crippen MR) is 190 cm³/mol. The minimum atomic E-state index is -3.99. The van der Waals surface area contributed by atoms with E-state index in [0.717, 1.165) is 34.1 Å². The maximum atomic E-state index is 13.1. The van der Waals surface area contributed by atoms with Crippen LogP contribution in [0.4, 0.5) is 0 Å². The van der Waals surface area contributed by atoms with Crippen molar-refractivity contribution in [3.8, 4) is 0 Å². The van der Waals surface area contributed by atoms with Crippen molar-refractivity contribution in [2.24, 2.45) is 0 Å². The smallest absolute Gasteiger partial charge is 0.264 e. The van der Waals surface area contributed by atoms with Gasteiger partial charge in [-0.3, -0.25) is 4.18 Å². The molecule has 2 fully saturated rings. The van der Waals surface area contributed by atoms with Gasteiger partial charge in [-0.2, -0.15) is 8.42 Å². The van der Waals surface area contributed by atoms with Gasteiger partial charge in [0.25, 0.3) is 10.1 Å². The Hall–Kier alpha value is -3.80. The highest BCUT2D eigenvalue weighted by Gasteiger charge is 2.55. The van der Waals surface area contributed by atoms with Crippen LogP contribution in [0.25, 0.3) is 0 Å². The molecule has 0 N–H and O–H groups in total. The zero-order valence-corrected chi connectivity index (χ0v) is 28.6. The van der Waals surface area contributed by atoms with Gasteiger partial charge < -0.3 is 18.9 Å². The summed E-state index contributed by atoms with van der Waals surface area (Å²) in [7, 11) is -3.99. The summed E-state index contributed by atoms with van der Waals surface area (Å²) >= 11 is 1.50. The molecule has 0 amide bonds. The van der Waals surface area contributed by atoms with Crippen LogP contribution in [0.1, 0.15) is 34.1 Å². The van der Waals surface area contributed by atoms with Gasteiger partial charge in [0.05, 0.1) is 24.2 Å². The van der Waals surface area contributed by atoms with Gasteiger partial charge in [-0.1, -0.05) is 152 Å². The molecule has 0 radical (unpaired) electrons. The number of hydrogen-bond donors (Lipinski definition) is 0. The van der Waals surface area contributed by atoms with Crippen LogP contribution in [0, 0.1) is 0 Å². The SMILES string of the molecule is CS(=O)(=O)O[C@@H]1[C@@H](OCc2ccccc2)[C@@H]2O[C@H](c3ccccc3)OC[C@H]2O[C@H]1SC(c1ccccc1)(c1ccccc1)c1ccccc1. The minimum Gasteiger partial charge on any atom is -0.368 e. The molecule has 7 rings (SSSR count). The Morgan fingerprint density at radius 1 is 0.673 bits per heavy atom. The molecule has 2 heterocycles. The van der Waals surface area contributed by atoms with Gasteiger partial charge in [-0.25, -0.2) is 0 Å². The van der Waals surface area contributed by atoms with Gasteiger partial charge in [-0.05, 0) is 22.3 Å². The number of rotatable bonds is 11. The third-order valence-electron chi connectivity index (χ3n) is 8.76. The van der Waals surface area contributed by atoms with Crippen molar-refractivity contribution in [3.63, 3.8) is 0 Å². The van der Waals surface area contributed by atoms with Gasteiger partial charge >= 0.3 is 0 Å². The van der Waals surface area contributed by atoms with Crippen LogP contribution in [0.15, 0.2) is 152 Å². The lowest BCUT2D eigenvalue weighted by Crippen LogP contribution is -2.63. The predicted octanol–water partition coefficient (Wildman–Crippen LogP) is 7.48. The summed E-state index contributed by atoms with van der Waals surface area (Å²) < 4.78 is 57.7. The molecule has 0 saturated carbocycles. The lowest BCUT2D eigenvalue weighted by molar-refractivity contribution is -0.322. The average molecular weight is 695 g/mol. The monoisotopic (exact) mass is 694 g/mol. The molecule has 0 spiro atoms. The largest absolute Gasteiger partial charge is 0.368 e. The first-order chi connectivity index (χ1) is 23.9. The summed E-state index contributed by atoms with van der Waals surface area (Å²) in [6.45, 7) is 0.435. The van der Waals surface area contributed by atoms with E-state index in [1.54, 1.807) is 0 Å². The van der Waals surface area contributed by atoms with Crippen molar-refractivity contribution in [1.29, 1.82) is 0 Å². The van der Waals surface area contributed by atoms with Crippen molar-refractivity contribution < 1.29 is 31.5 Å². The maximum absolute atomic E-state index is 13.1. The van der Waals surface area contributed by atoms with Gasteiger partial charge in [0.2, 0.25) is 0 Å². The van der Waals surface area contributed by atoms with Gasteiger partial charge in [0, 0.05) is 5.56 Å². The number of benzene rings is 5. The zero-order valence-electron chi connectivity index (χ0n) is 27.0. The molecule has 49 heavy (non-hydrogen) atoms. The fourth-order valence-corrected chi connectivity index (χ4v) is 8.97. The van der Waals surface area contributed by atoms with Crippen molar-refractivity contribution >= 4 is 21.9 Å². The Morgan fingerprint density at radius 2 is 1.16 bits per heavy atom. The van der Waals surface area contributed by atoms with Crippen LogP contribution in [-0.4, -0.2) is 51.1 Å². The van der Waals surface area contributed by atoms with E-state index in [2.05, 4.69) is 36.4 Å². The van der Waals surface area contributed by atoms with Gasteiger partial charge in [0.1, 0.15) is 29.9 Å². The van der Waals surface area contributed by atoms with Crippen LogP contribution < -0.4 is 0 Å². The van der Waals surface area contributed by atoms with E-state index in [-0.39, 0.29) is 13.2 Å². The van der Waals surface area contributed by atoms with Crippen molar-refractivity contribution in [1.82, 2.24) is 0 Å². The fourth-order valence-electron chi connectivity index (χ4n) is 6.58. The van der Waals surface area contributed by atoms with E-state index < -0.39 is 51.0 Å². The van der Waals surface area contributed by atoms with Crippen molar-refractivity contribution in [2.75, 3.05) is 12.9 Å². The molecule has 9 heteroatoms. The molecular weight excluding hydrogens is 657 g/mol. The number of hydrogen-bond acceptors (Lipinski definition) is 8. The highest BCUT2D eigenvalue weighted by molar-refractivity contribution is 8.01. The molecule has 0 aromatic heterocycles. The van der Waals surface area contributed by atoms with Gasteiger partial charge in [-0.15, -0.1) is 11.8 Å². The standard InChI is InChI=1S/C40H38O7S2/c1-49(41,42)47-37-36(43-27-29-17-7-2-8-18-29)35-34(28-44-38(46-35)30-19-9-3-10-20-30)45-39(37)48-40(31-21-11-4-12-22-31,32-23-13-5-14-24-32)33-25-15-6-16-26-33/h2-26,34-39H,27-28H2,1H3/t34-,35-,36+,37-,38-,39+/m1/s1. The highest BCUT2D eigenvalue weighted by Crippen LogP contribution is 2.53. The molecule has 2 saturated heterocycles. The van der Waals surface area contributed by atoms with Crippen LogP contribution in [-0.2, 0) is 44.6 Å². The van der Waals surface area contributed by atoms with Crippen LogP contribution >= 0.6 is 11.8 Å². The van der Waals surface area contributed by atoms with E-state index in [4.69, 9.17) is 23.1 Å². The van der Waals surface area contributed by atoms with Gasteiger partial charge in [0.15, 0.2) is 6.29 Å². The van der Waals surface area contributed by atoms with Crippen LogP contribution in [0.5, 0.6) is 0 Å². The molecule has 5 aromatic rings. The second kappa shape index (κ2) is 15.0. The van der Waals surface area contributed by atoms with Crippen molar-refractivity contribution in [3.05, 3.63) is 179 Å². The topological polar surface area (TPSA) is 80.3 Å².